The van der Waals surface area contributed by atoms with Gasteiger partial charge < -0.3 is 20.5 Å². The fraction of sp³-hybridized carbons (Fsp3) is 1.00. The molecular formula is C12H27N3O2. The Labute approximate surface area is 105 Å². The van der Waals surface area contributed by atoms with Crippen molar-refractivity contribution >= 4 is 0 Å². The van der Waals surface area contributed by atoms with Crippen LogP contribution < -0.4 is 5.73 Å². The van der Waals surface area contributed by atoms with Crippen LogP contribution in [0, 0.1) is 0 Å². The van der Waals surface area contributed by atoms with E-state index in [0.29, 0.717) is 12.6 Å². The average molecular weight is 245 g/mol. The highest BCUT2D eigenvalue weighted by Gasteiger charge is 2.28. The quantitative estimate of drug-likeness (QED) is 0.651. The van der Waals surface area contributed by atoms with E-state index < -0.39 is 0 Å². The van der Waals surface area contributed by atoms with E-state index in [1.54, 1.807) is 7.11 Å². The first-order valence-corrected chi connectivity index (χ1v) is 6.36. The van der Waals surface area contributed by atoms with Crippen LogP contribution in [0.25, 0.3) is 0 Å². The molecule has 0 aromatic carbocycles. The number of nitrogens with two attached hydrogens (primary N) is 1. The normalized spacial score (nSPS) is 22.9. The van der Waals surface area contributed by atoms with E-state index in [1.807, 2.05) is 0 Å². The molecule has 0 radical (unpaired) electrons. The van der Waals surface area contributed by atoms with Crippen molar-refractivity contribution in [2.75, 3.05) is 47.5 Å². The van der Waals surface area contributed by atoms with Crippen LogP contribution in [0.1, 0.15) is 12.8 Å². The van der Waals surface area contributed by atoms with Crippen LogP contribution >= 0.6 is 0 Å². The summed E-state index contributed by atoms with van der Waals surface area (Å²) >= 11 is 0. The van der Waals surface area contributed by atoms with Gasteiger partial charge in [0.25, 0.3) is 0 Å². The summed E-state index contributed by atoms with van der Waals surface area (Å²) in [6.45, 7) is 2.62. The molecule has 1 rings (SSSR count). The Morgan fingerprint density at radius 3 is 2.41 bits per heavy atom. The number of hydrogen-bond donors (Lipinski definition) is 2. The van der Waals surface area contributed by atoms with Crippen molar-refractivity contribution in [1.29, 1.82) is 0 Å². The molecule has 0 saturated carbocycles. The van der Waals surface area contributed by atoms with Crippen LogP contribution in [0.2, 0.25) is 0 Å². The predicted octanol–water partition coefficient (Wildman–Crippen LogP) is -0.653. The molecule has 2 atom stereocenters. The minimum absolute atomic E-state index is 0.0260. The Kier molecular flexibility index (Phi) is 6.37. The van der Waals surface area contributed by atoms with Crippen LogP contribution in [0.3, 0.4) is 0 Å². The summed E-state index contributed by atoms with van der Waals surface area (Å²) in [4.78, 5) is 4.57. The summed E-state index contributed by atoms with van der Waals surface area (Å²) in [5.74, 6) is 0. The van der Waals surface area contributed by atoms with E-state index in [2.05, 4.69) is 23.9 Å². The third-order valence-corrected chi connectivity index (χ3v) is 3.74. The monoisotopic (exact) mass is 245 g/mol. The van der Waals surface area contributed by atoms with Gasteiger partial charge in [0.1, 0.15) is 0 Å². The van der Waals surface area contributed by atoms with E-state index in [9.17, 15) is 5.11 Å². The fourth-order valence-corrected chi connectivity index (χ4v) is 2.56. The van der Waals surface area contributed by atoms with Crippen molar-refractivity contribution in [3.8, 4) is 0 Å². The number of methoxy groups -OCH3 is 1. The van der Waals surface area contributed by atoms with Gasteiger partial charge in [-0.3, -0.25) is 4.90 Å². The maximum absolute atomic E-state index is 9.46. The predicted molar refractivity (Wildman–Crippen MR) is 69.0 cm³/mol. The standard InChI is InChI=1S/C12H27N3O2/c1-14(2)10-4-6-15(7-5-10)12(8-16)11(13)9-17-3/h10-12,16H,4-9,13H2,1-3H3. The first-order chi connectivity index (χ1) is 8.10. The van der Waals surface area contributed by atoms with E-state index in [-0.39, 0.29) is 18.7 Å². The number of hydrogen-bond acceptors (Lipinski definition) is 5. The van der Waals surface area contributed by atoms with Gasteiger partial charge in [0.15, 0.2) is 0 Å². The molecular weight excluding hydrogens is 218 g/mol. The number of rotatable bonds is 6. The van der Waals surface area contributed by atoms with Gasteiger partial charge in [-0.05, 0) is 26.9 Å². The van der Waals surface area contributed by atoms with E-state index >= 15 is 0 Å². The van der Waals surface area contributed by atoms with E-state index in [1.165, 1.54) is 0 Å². The lowest BCUT2D eigenvalue weighted by Crippen LogP contribution is -2.55. The SMILES string of the molecule is COCC(N)C(CO)N1CCC(N(C)C)CC1. The lowest BCUT2D eigenvalue weighted by Gasteiger charge is -2.40. The number of likely N-dealkylation sites (tertiary alicyclic amines) is 1. The van der Waals surface area contributed by atoms with Crippen LogP contribution in [0.15, 0.2) is 0 Å². The summed E-state index contributed by atoms with van der Waals surface area (Å²) in [6, 6.07) is 0.572. The Bertz CT molecular complexity index is 206. The van der Waals surface area contributed by atoms with Gasteiger partial charge in [0, 0.05) is 32.3 Å². The van der Waals surface area contributed by atoms with Gasteiger partial charge >= 0.3 is 0 Å². The second-order valence-electron chi connectivity index (χ2n) is 5.10. The molecule has 1 heterocycles. The van der Waals surface area contributed by atoms with Crippen molar-refractivity contribution < 1.29 is 9.84 Å². The number of aliphatic hydroxyl groups excluding tert-OH is 1. The minimum atomic E-state index is -0.110. The molecule has 0 aromatic heterocycles. The molecule has 5 heteroatoms. The second-order valence-corrected chi connectivity index (χ2v) is 5.10. The highest BCUT2D eigenvalue weighted by Crippen LogP contribution is 2.17. The summed E-state index contributed by atoms with van der Waals surface area (Å²) in [5.41, 5.74) is 6.03. The third kappa shape index (κ3) is 4.19. The zero-order chi connectivity index (χ0) is 12.8. The summed E-state index contributed by atoms with van der Waals surface area (Å²) < 4.78 is 5.07. The van der Waals surface area contributed by atoms with Gasteiger partial charge in [-0.1, -0.05) is 0 Å². The number of piperidine rings is 1. The first kappa shape index (κ1) is 14.9. The van der Waals surface area contributed by atoms with Crippen LogP contribution in [-0.2, 0) is 4.74 Å². The number of aliphatic hydroxyl groups is 1. The Hall–Kier alpha value is -0.200. The molecule has 1 saturated heterocycles. The smallest absolute Gasteiger partial charge is 0.0629 e. The van der Waals surface area contributed by atoms with Gasteiger partial charge in [-0.25, -0.2) is 0 Å². The highest BCUT2D eigenvalue weighted by atomic mass is 16.5. The molecule has 1 aliphatic rings. The Morgan fingerprint density at radius 2 is 2.00 bits per heavy atom. The fourth-order valence-electron chi connectivity index (χ4n) is 2.56. The maximum Gasteiger partial charge on any atom is 0.0629 e. The second kappa shape index (κ2) is 7.28. The molecule has 0 aliphatic carbocycles. The molecule has 0 aromatic rings. The molecule has 0 spiro atoms. The summed E-state index contributed by atoms with van der Waals surface area (Å²) in [5, 5.41) is 9.46. The molecule has 5 nitrogen and oxygen atoms in total. The Morgan fingerprint density at radius 1 is 1.41 bits per heavy atom. The Balaban J connectivity index is 2.44. The zero-order valence-corrected chi connectivity index (χ0v) is 11.3. The van der Waals surface area contributed by atoms with Gasteiger partial charge in [-0.15, -0.1) is 0 Å². The van der Waals surface area contributed by atoms with Gasteiger partial charge in [-0.2, -0.15) is 0 Å². The highest BCUT2D eigenvalue weighted by molar-refractivity contribution is 4.86. The average Bonchev–Trinajstić information content (AvgIpc) is 2.31. The van der Waals surface area contributed by atoms with Crippen molar-refractivity contribution in [2.45, 2.75) is 31.0 Å². The topological polar surface area (TPSA) is 62.0 Å². The summed E-state index contributed by atoms with van der Waals surface area (Å²) in [7, 11) is 5.90. The molecule has 1 aliphatic heterocycles. The van der Waals surface area contributed by atoms with Crippen molar-refractivity contribution in [2.24, 2.45) is 5.73 Å². The molecule has 2 unspecified atom stereocenters. The van der Waals surface area contributed by atoms with Crippen LogP contribution in [0.5, 0.6) is 0 Å². The molecule has 1 fully saturated rings. The van der Waals surface area contributed by atoms with Crippen molar-refractivity contribution in [3.05, 3.63) is 0 Å². The van der Waals surface area contributed by atoms with E-state index in [0.717, 1.165) is 25.9 Å². The lowest BCUT2D eigenvalue weighted by atomic mass is 10.00. The molecule has 3 N–H and O–H groups in total. The first-order valence-electron chi connectivity index (χ1n) is 6.36. The van der Waals surface area contributed by atoms with Crippen LogP contribution in [0.4, 0.5) is 0 Å². The maximum atomic E-state index is 9.46. The number of nitrogens with zero attached hydrogens (tertiary/aromatic N) is 2. The lowest BCUT2D eigenvalue weighted by molar-refractivity contribution is 0.0421. The largest absolute Gasteiger partial charge is 0.395 e. The van der Waals surface area contributed by atoms with Gasteiger partial charge in [0.2, 0.25) is 0 Å². The zero-order valence-electron chi connectivity index (χ0n) is 11.3. The molecule has 17 heavy (non-hydrogen) atoms. The molecule has 102 valence electrons. The van der Waals surface area contributed by atoms with E-state index in [4.69, 9.17) is 10.5 Å². The van der Waals surface area contributed by atoms with Crippen molar-refractivity contribution in [1.82, 2.24) is 9.80 Å². The van der Waals surface area contributed by atoms with Crippen molar-refractivity contribution in [3.63, 3.8) is 0 Å². The molecule has 0 amide bonds. The summed E-state index contributed by atoms with van der Waals surface area (Å²) in [6.07, 6.45) is 2.28. The number of ether oxygens (including phenoxy) is 1. The molecule has 0 bridgehead atoms. The third-order valence-electron chi connectivity index (χ3n) is 3.74. The minimum Gasteiger partial charge on any atom is -0.395 e. The van der Waals surface area contributed by atoms with Crippen LogP contribution in [-0.4, -0.2) is 80.5 Å². The van der Waals surface area contributed by atoms with Gasteiger partial charge in [0.05, 0.1) is 19.3 Å².